The average molecular weight is 187 g/mol. The molecule has 0 saturated heterocycles. The van der Waals surface area contributed by atoms with Gasteiger partial charge in [0.05, 0.1) is 6.10 Å². The summed E-state index contributed by atoms with van der Waals surface area (Å²) in [6.07, 6.45) is 1.11. The Morgan fingerprint density at radius 2 is 2.38 bits per heavy atom. The van der Waals surface area contributed by atoms with Crippen molar-refractivity contribution in [3.63, 3.8) is 0 Å². The highest BCUT2D eigenvalue weighted by molar-refractivity contribution is 5.83. The minimum atomic E-state index is -1.08. The van der Waals surface area contributed by atoms with Gasteiger partial charge in [0.15, 0.2) is 0 Å². The Kier molecular flexibility index (Phi) is 2.87. The molecule has 0 unspecified atom stereocenters. The lowest BCUT2D eigenvalue weighted by atomic mass is 9.74. The Morgan fingerprint density at radius 1 is 1.77 bits per heavy atom. The van der Waals surface area contributed by atoms with E-state index in [-0.39, 0.29) is 6.10 Å². The predicted octanol–water partition coefficient (Wildman–Crippen LogP) is -0.245. The summed E-state index contributed by atoms with van der Waals surface area (Å²) in [5.74, 6) is -0.990. The maximum absolute atomic E-state index is 10.8. The molecule has 13 heavy (non-hydrogen) atoms. The second-order valence-corrected chi connectivity index (χ2v) is 3.14. The third kappa shape index (κ3) is 1.80. The molecule has 0 bridgehead atoms. The molecule has 0 aromatic carbocycles. The molecular weight excluding hydrogens is 174 g/mol. The van der Waals surface area contributed by atoms with Crippen LogP contribution in [0.15, 0.2) is 0 Å². The van der Waals surface area contributed by atoms with Crippen molar-refractivity contribution < 1.29 is 19.4 Å². The monoisotopic (exact) mass is 187 g/mol. The van der Waals surface area contributed by atoms with Gasteiger partial charge in [-0.1, -0.05) is 0 Å². The van der Waals surface area contributed by atoms with E-state index in [1.165, 1.54) is 0 Å². The van der Waals surface area contributed by atoms with Crippen LogP contribution >= 0.6 is 0 Å². The first kappa shape index (κ1) is 9.98. The van der Waals surface area contributed by atoms with Gasteiger partial charge in [-0.3, -0.25) is 4.79 Å². The van der Waals surface area contributed by atoms with Gasteiger partial charge in [0.25, 0.3) is 0 Å². The van der Waals surface area contributed by atoms with Crippen LogP contribution in [0.5, 0.6) is 0 Å². The smallest absolute Gasteiger partial charge is 0.329 e. The van der Waals surface area contributed by atoms with Crippen LogP contribution in [-0.2, 0) is 14.3 Å². The van der Waals surface area contributed by atoms with E-state index < -0.39 is 11.5 Å². The summed E-state index contributed by atoms with van der Waals surface area (Å²) in [5.41, 5.74) is -1.08. The van der Waals surface area contributed by atoms with E-state index in [9.17, 15) is 9.59 Å². The van der Waals surface area contributed by atoms with Gasteiger partial charge in [0.1, 0.15) is 5.54 Å². The summed E-state index contributed by atoms with van der Waals surface area (Å²) in [6, 6.07) is 0. The van der Waals surface area contributed by atoms with Crippen molar-refractivity contribution in [3.05, 3.63) is 0 Å². The van der Waals surface area contributed by atoms with Crippen LogP contribution < -0.4 is 5.32 Å². The second-order valence-electron chi connectivity index (χ2n) is 3.14. The molecule has 0 aromatic rings. The van der Waals surface area contributed by atoms with Crippen LogP contribution in [0.1, 0.15) is 19.8 Å². The summed E-state index contributed by atoms with van der Waals surface area (Å²) in [5, 5.41) is 11.1. The van der Waals surface area contributed by atoms with Crippen LogP contribution in [0.3, 0.4) is 0 Å². The van der Waals surface area contributed by atoms with E-state index in [4.69, 9.17) is 9.84 Å². The lowest BCUT2D eigenvalue weighted by molar-refractivity contribution is -0.159. The highest BCUT2D eigenvalue weighted by Crippen LogP contribution is 2.34. The fourth-order valence-corrected chi connectivity index (χ4v) is 1.54. The molecule has 0 heterocycles. The van der Waals surface area contributed by atoms with Crippen molar-refractivity contribution in [2.24, 2.45) is 0 Å². The molecule has 5 nitrogen and oxygen atoms in total. The first-order chi connectivity index (χ1) is 6.14. The normalized spacial score (nSPS) is 31.9. The summed E-state index contributed by atoms with van der Waals surface area (Å²) in [7, 11) is 0. The molecule has 1 amide bonds. The number of hydrogen-bond donors (Lipinski definition) is 2. The topological polar surface area (TPSA) is 75.6 Å². The van der Waals surface area contributed by atoms with Gasteiger partial charge in [-0.2, -0.15) is 0 Å². The molecule has 1 fully saturated rings. The van der Waals surface area contributed by atoms with Gasteiger partial charge in [0.2, 0.25) is 6.41 Å². The highest BCUT2D eigenvalue weighted by Gasteiger charge is 2.51. The summed E-state index contributed by atoms with van der Waals surface area (Å²) < 4.78 is 5.21. The molecular formula is C8H13NO4. The third-order valence-electron chi connectivity index (χ3n) is 2.30. The van der Waals surface area contributed by atoms with Crippen molar-refractivity contribution in [1.82, 2.24) is 5.32 Å². The summed E-state index contributed by atoms with van der Waals surface area (Å²) in [4.78, 5) is 20.9. The number of hydrogen-bond acceptors (Lipinski definition) is 3. The van der Waals surface area contributed by atoms with Crippen molar-refractivity contribution in [2.45, 2.75) is 31.4 Å². The van der Waals surface area contributed by atoms with Crippen LogP contribution in [0.2, 0.25) is 0 Å². The minimum Gasteiger partial charge on any atom is -0.480 e. The van der Waals surface area contributed by atoms with Crippen LogP contribution in [0.4, 0.5) is 0 Å². The van der Waals surface area contributed by atoms with Crippen LogP contribution in [-0.4, -0.2) is 35.7 Å². The van der Waals surface area contributed by atoms with Crippen molar-refractivity contribution in [3.8, 4) is 0 Å². The van der Waals surface area contributed by atoms with Gasteiger partial charge in [-0.25, -0.2) is 4.79 Å². The Bertz CT molecular complexity index is 210. The maximum Gasteiger partial charge on any atom is 0.329 e. The van der Waals surface area contributed by atoms with Crippen molar-refractivity contribution in [2.75, 3.05) is 6.61 Å². The van der Waals surface area contributed by atoms with Gasteiger partial charge in [0, 0.05) is 19.4 Å². The minimum absolute atomic E-state index is 0.0338. The Hall–Kier alpha value is -1.10. The van der Waals surface area contributed by atoms with Gasteiger partial charge < -0.3 is 15.2 Å². The number of carbonyl (C=O) groups excluding carboxylic acids is 1. The van der Waals surface area contributed by atoms with Gasteiger partial charge in [-0.15, -0.1) is 0 Å². The number of nitrogens with one attached hydrogen (secondary N) is 1. The van der Waals surface area contributed by atoms with E-state index in [0.717, 1.165) is 0 Å². The molecule has 0 spiro atoms. The zero-order valence-corrected chi connectivity index (χ0v) is 7.45. The van der Waals surface area contributed by atoms with E-state index in [2.05, 4.69) is 5.32 Å². The van der Waals surface area contributed by atoms with Gasteiger partial charge in [-0.05, 0) is 6.92 Å². The zero-order chi connectivity index (χ0) is 9.90. The standard InChI is InChI=1S/C8H13NO4/c1-2-13-6-3-8(4-6,7(11)12)9-5-10/h5-6H,2-4H2,1H3,(H,9,10)(H,11,12). The number of amides is 1. The second kappa shape index (κ2) is 3.74. The molecule has 0 aromatic heterocycles. The zero-order valence-electron chi connectivity index (χ0n) is 7.45. The SMILES string of the molecule is CCOC1CC(NC=O)(C(=O)O)C1. The lowest BCUT2D eigenvalue weighted by Gasteiger charge is -2.43. The molecule has 5 heteroatoms. The molecule has 2 N–H and O–H groups in total. The first-order valence-electron chi connectivity index (χ1n) is 4.21. The first-order valence-corrected chi connectivity index (χ1v) is 4.21. The van der Waals surface area contributed by atoms with E-state index >= 15 is 0 Å². The van der Waals surface area contributed by atoms with E-state index in [1.807, 2.05) is 6.92 Å². The van der Waals surface area contributed by atoms with Crippen molar-refractivity contribution >= 4 is 12.4 Å². The van der Waals surface area contributed by atoms with Crippen LogP contribution in [0.25, 0.3) is 0 Å². The summed E-state index contributed by atoms with van der Waals surface area (Å²) in [6.45, 7) is 2.43. The Balaban J connectivity index is 2.47. The molecule has 74 valence electrons. The quantitative estimate of drug-likeness (QED) is 0.582. The number of rotatable bonds is 5. The molecule has 1 saturated carbocycles. The van der Waals surface area contributed by atoms with E-state index in [0.29, 0.717) is 25.9 Å². The average Bonchev–Trinajstić information content (AvgIpc) is 2.00. The fraction of sp³-hybridized carbons (Fsp3) is 0.750. The third-order valence-corrected chi connectivity index (χ3v) is 2.30. The maximum atomic E-state index is 10.8. The summed E-state index contributed by atoms with van der Waals surface area (Å²) >= 11 is 0. The van der Waals surface area contributed by atoms with E-state index in [1.54, 1.807) is 0 Å². The molecule has 1 rings (SSSR count). The number of carboxylic acid groups (broad SMARTS) is 1. The number of aliphatic carboxylic acids is 1. The van der Waals surface area contributed by atoms with Gasteiger partial charge >= 0.3 is 5.97 Å². The molecule has 1 aliphatic rings. The highest BCUT2D eigenvalue weighted by atomic mass is 16.5. The molecule has 0 aliphatic heterocycles. The Morgan fingerprint density at radius 3 is 2.77 bits per heavy atom. The number of carboxylic acids is 1. The predicted molar refractivity (Wildman–Crippen MR) is 44.2 cm³/mol. The Labute approximate surface area is 76.1 Å². The largest absolute Gasteiger partial charge is 0.480 e. The molecule has 0 atom stereocenters. The number of carbonyl (C=O) groups is 2. The molecule has 0 radical (unpaired) electrons. The van der Waals surface area contributed by atoms with Crippen LogP contribution in [0, 0.1) is 0 Å². The number of ether oxygens (including phenoxy) is 1. The lowest BCUT2D eigenvalue weighted by Crippen LogP contribution is -2.62. The van der Waals surface area contributed by atoms with Crippen molar-refractivity contribution in [1.29, 1.82) is 0 Å². The fourth-order valence-electron chi connectivity index (χ4n) is 1.54. The molecule has 1 aliphatic carbocycles.